The maximum Gasteiger partial charge on any atom is 0.223 e. The summed E-state index contributed by atoms with van der Waals surface area (Å²) in [6.45, 7) is 14.1. The van der Waals surface area contributed by atoms with Gasteiger partial charge in [0.05, 0.1) is 0 Å². The van der Waals surface area contributed by atoms with Gasteiger partial charge in [-0.05, 0) is 114 Å². The average molecular weight is 1090 g/mol. The molecular formula is C68H92N2NiO6. The van der Waals surface area contributed by atoms with E-state index in [-0.39, 0.29) is 65.3 Å². The number of rotatable bonds is 32. The molecule has 0 atom stereocenters. The SMILES string of the molecule is CCCCCCCCCCCCCCC#CC1=C(c2cc(CC(=O)CC)c(CCCC)c(CC(=O)CC)c2)[N+](=[N-])C(c2cc(CC(=O)CC)c(CCCC)c(CC(=O)CC)c2)=C1.Oc1ccccc1.Oc1ccccc1.[Ni]. The van der Waals surface area contributed by atoms with E-state index in [0.29, 0.717) is 59.7 Å². The topological polar surface area (TPSA) is 134 Å². The molecule has 9 heteroatoms. The smallest absolute Gasteiger partial charge is 0.223 e. The molecule has 77 heavy (non-hydrogen) atoms. The molecule has 0 radical (unpaired) electrons. The van der Waals surface area contributed by atoms with Crippen LogP contribution in [-0.4, -0.2) is 38.0 Å². The summed E-state index contributed by atoms with van der Waals surface area (Å²) in [5.74, 6) is 8.05. The first kappa shape index (κ1) is 67.4. The van der Waals surface area contributed by atoms with Crippen LogP contribution >= 0.6 is 0 Å². The Morgan fingerprint density at radius 1 is 0.468 bits per heavy atom. The van der Waals surface area contributed by atoms with Crippen molar-refractivity contribution in [1.29, 1.82) is 0 Å². The van der Waals surface area contributed by atoms with Crippen LogP contribution in [0.3, 0.4) is 0 Å². The van der Waals surface area contributed by atoms with Gasteiger partial charge in [0, 0.05) is 91.5 Å². The van der Waals surface area contributed by atoms with Crippen LogP contribution in [0.2, 0.25) is 0 Å². The number of hydrogen-bond acceptors (Lipinski definition) is 6. The second-order valence-electron chi connectivity index (χ2n) is 20.2. The number of phenols is 2. The van der Waals surface area contributed by atoms with Crippen molar-refractivity contribution >= 4 is 34.5 Å². The molecule has 0 aromatic heterocycles. The Hall–Kier alpha value is -5.71. The molecule has 0 bridgehead atoms. The molecule has 0 saturated heterocycles. The van der Waals surface area contributed by atoms with E-state index in [9.17, 15) is 24.7 Å². The first-order valence-electron chi connectivity index (χ1n) is 29.1. The number of ketones is 4. The molecule has 0 unspecified atom stereocenters. The van der Waals surface area contributed by atoms with E-state index in [1.165, 1.54) is 68.9 Å². The van der Waals surface area contributed by atoms with Gasteiger partial charge in [-0.25, -0.2) is 4.70 Å². The Morgan fingerprint density at radius 2 is 0.805 bits per heavy atom. The van der Waals surface area contributed by atoms with E-state index in [1.54, 1.807) is 48.5 Å². The fraction of sp³-hybridized carbons (Fsp3) is 0.500. The Labute approximate surface area is 474 Å². The van der Waals surface area contributed by atoms with Gasteiger partial charge in [-0.1, -0.05) is 180 Å². The van der Waals surface area contributed by atoms with E-state index in [4.69, 9.17) is 10.2 Å². The summed E-state index contributed by atoms with van der Waals surface area (Å²) in [5, 5.41) is 17.3. The van der Waals surface area contributed by atoms with Crippen LogP contribution < -0.4 is 0 Å². The normalized spacial score (nSPS) is 11.6. The van der Waals surface area contributed by atoms with Crippen molar-refractivity contribution in [3.63, 3.8) is 0 Å². The molecule has 4 aromatic rings. The minimum atomic E-state index is 0. The summed E-state index contributed by atoms with van der Waals surface area (Å²) in [6, 6.07) is 25.5. The average Bonchev–Trinajstić information content (AvgIpc) is 3.75. The van der Waals surface area contributed by atoms with Gasteiger partial charge in [-0.3, -0.25) is 19.2 Å². The van der Waals surface area contributed by atoms with Crippen molar-refractivity contribution in [3.8, 4) is 23.3 Å². The number of para-hydroxylation sites is 2. The zero-order valence-electron chi connectivity index (χ0n) is 48.0. The third-order valence-electron chi connectivity index (χ3n) is 14.0. The van der Waals surface area contributed by atoms with Gasteiger partial charge in [-0.2, -0.15) is 0 Å². The van der Waals surface area contributed by atoms with E-state index < -0.39 is 0 Å². The Bertz CT molecular complexity index is 2450. The molecule has 0 fully saturated rings. The molecule has 4 aromatic carbocycles. The molecule has 1 aliphatic heterocycles. The number of hydrogen-bond donors (Lipinski definition) is 2. The number of unbranched alkanes of at least 4 members (excludes halogenated alkanes) is 14. The second kappa shape index (κ2) is 39.6. The van der Waals surface area contributed by atoms with Gasteiger partial charge >= 0.3 is 0 Å². The molecule has 1 aliphatic rings. The third kappa shape index (κ3) is 25.1. The van der Waals surface area contributed by atoms with Gasteiger partial charge in [0.25, 0.3) is 0 Å². The Balaban J connectivity index is 0.00000116. The molecular weight excluding hydrogens is 999 g/mol. The number of aromatic hydroxyl groups is 2. The molecule has 5 rings (SSSR count). The molecule has 420 valence electrons. The zero-order valence-corrected chi connectivity index (χ0v) is 49.0. The van der Waals surface area contributed by atoms with E-state index >= 15 is 0 Å². The Kier molecular flexibility index (Phi) is 34.7. The summed E-state index contributed by atoms with van der Waals surface area (Å²) in [4.78, 5) is 52.2. The number of carbonyl (C=O) groups excluding carboxylic acids is 4. The summed E-state index contributed by atoms with van der Waals surface area (Å²) in [5.41, 5.74) is 21.3. The predicted molar refractivity (Wildman–Crippen MR) is 314 cm³/mol. The molecule has 1 heterocycles. The maximum atomic E-state index is 13.1. The fourth-order valence-corrected chi connectivity index (χ4v) is 9.36. The minimum absolute atomic E-state index is 0. The van der Waals surface area contributed by atoms with Gasteiger partial charge in [0.15, 0.2) is 0 Å². The van der Waals surface area contributed by atoms with Crippen molar-refractivity contribution in [2.45, 2.75) is 222 Å². The summed E-state index contributed by atoms with van der Waals surface area (Å²) < 4.78 is 1.21. The number of nitrogens with zero attached hydrogens (tertiary/aromatic N) is 2. The number of allylic oxidation sites excluding steroid dienone is 2. The van der Waals surface area contributed by atoms with Crippen LogP contribution in [0.15, 0.2) is 96.6 Å². The zero-order chi connectivity index (χ0) is 55.5. The minimum Gasteiger partial charge on any atom is -0.508 e. The summed E-state index contributed by atoms with van der Waals surface area (Å²) >= 11 is 0. The third-order valence-corrected chi connectivity index (χ3v) is 14.0. The largest absolute Gasteiger partial charge is 0.508 e. The summed E-state index contributed by atoms with van der Waals surface area (Å²) in [6.07, 6.45) is 26.1. The van der Waals surface area contributed by atoms with Gasteiger partial charge in [0.1, 0.15) is 40.2 Å². The van der Waals surface area contributed by atoms with E-state index in [2.05, 4.69) is 32.6 Å². The molecule has 0 aliphatic carbocycles. The van der Waals surface area contributed by atoms with E-state index in [1.807, 2.05) is 70.2 Å². The van der Waals surface area contributed by atoms with Crippen LogP contribution in [0.5, 0.6) is 11.5 Å². The van der Waals surface area contributed by atoms with Gasteiger partial charge < -0.3 is 15.7 Å². The number of phenolic OH excluding ortho intramolecular Hbond substituents is 2. The first-order valence-corrected chi connectivity index (χ1v) is 29.1. The molecule has 0 saturated carbocycles. The quantitative estimate of drug-likeness (QED) is 0.0216. The monoisotopic (exact) mass is 1090 g/mol. The molecule has 2 N–H and O–H groups in total. The number of carbonyl (C=O) groups is 4. The van der Waals surface area contributed by atoms with Crippen LogP contribution in [0.1, 0.15) is 228 Å². The number of benzene rings is 4. The van der Waals surface area contributed by atoms with E-state index in [0.717, 1.165) is 96.7 Å². The molecule has 8 nitrogen and oxygen atoms in total. The Morgan fingerprint density at radius 3 is 1.13 bits per heavy atom. The fourth-order valence-electron chi connectivity index (χ4n) is 9.36. The van der Waals surface area contributed by atoms with Gasteiger partial charge in [0.2, 0.25) is 11.4 Å². The molecule has 0 amide bonds. The van der Waals surface area contributed by atoms with Crippen LogP contribution in [0, 0.1) is 11.8 Å². The van der Waals surface area contributed by atoms with Crippen LogP contribution in [0.4, 0.5) is 0 Å². The standard InChI is InChI=1S/C56H80N2O4.2C6H6O.Ni/c1-8-15-18-19-20-21-22-23-24-25-26-27-28-29-30-42-41-55(47-33-43(37-49(59)11-4)53(31-16-9-2)44(34-47)38-50(60)12-5)58(57)56(42)48-35-45(39-51(61)13-6)54(32-17-10-3)46(36-48)40-52(62)14-7;2*7-6-4-2-1-3-5-6;/h33-36,41H,8-28,31-32,37-40H2,1-7H3;2*1-5,7H;. The molecule has 0 spiro atoms. The summed E-state index contributed by atoms with van der Waals surface area (Å²) in [7, 11) is 0. The maximum absolute atomic E-state index is 13.1. The first-order chi connectivity index (χ1) is 36.8. The van der Waals surface area contributed by atoms with Crippen LogP contribution in [0.25, 0.3) is 16.9 Å². The second-order valence-corrected chi connectivity index (χ2v) is 20.2. The predicted octanol–water partition coefficient (Wildman–Crippen LogP) is 17.1. The van der Waals surface area contributed by atoms with Crippen molar-refractivity contribution in [2.24, 2.45) is 0 Å². The van der Waals surface area contributed by atoms with Crippen molar-refractivity contribution in [3.05, 3.63) is 147 Å². The van der Waals surface area contributed by atoms with Crippen molar-refractivity contribution in [1.82, 2.24) is 0 Å². The van der Waals surface area contributed by atoms with Crippen LogP contribution in [-0.2, 0) is 74.2 Å². The van der Waals surface area contributed by atoms with Crippen molar-refractivity contribution in [2.75, 3.05) is 0 Å². The van der Waals surface area contributed by atoms with Crippen molar-refractivity contribution < 1.29 is 50.6 Å². The van der Waals surface area contributed by atoms with Gasteiger partial charge in [-0.15, -0.1) is 0 Å². The number of Topliss-reactive ketones (excluding diaryl/α,β-unsaturated/α-hetero) is 4.